The van der Waals surface area contributed by atoms with E-state index in [1.54, 1.807) is 38.1 Å². The number of hydrogen-bond donors (Lipinski definition) is 2. The van der Waals surface area contributed by atoms with E-state index >= 15 is 0 Å². The van der Waals surface area contributed by atoms with Crippen molar-refractivity contribution in [1.82, 2.24) is 5.32 Å². The average Bonchev–Trinajstić information content (AvgIpc) is 2.37. The van der Waals surface area contributed by atoms with E-state index in [1.807, 2.05) is 6.07 Å². The van der Waals surface area contributed by atoms with Gasteiger partial charge in [-0.3, -0.25) is 0 Å². The molecule has 0 saturated carbocycles. The number of benzene rings is 1. The van der Waals surface area contributed by atoms with Crippen LogP contribution < -0.4 is 5.32 Å². The quantitative estimate of drug-likeness (QED) is 0.605. The third-order valence-corrected chi connectivity index (χ3v) is 2.37. The highest BCUT2D eigenvalue weighted by atomic mass is 16.5. The Labute approximate surface area is 111 Å². The van der Waals surface area contributed by atoms with Crippen molar-refractivity contribution in [3.63, 3.8) is 0 Å². The number of rotatable bonds is 6. The largest absolute Gasteiger partial charge is 0.479 e. The SMILES string of the molecule is CCOC(=O)/C=C(\C)NC(C(=O)O)c1ccccc1. The summed E-state index contributed by atoms with van der Waals surface area (Å²) in [5, 5.41) is 12.0. The van der Waals surface area contributed by atoms with E-state index in [1.165, 1.54) is 6.08 Å². The second-order valence-corrected chi connectivity index (χ2v) is 3.91. The third-order valence-electron chi connectivity index (χ3n) is 2.37. The van der Waals surface area contributed by atoms with Crippen LogP contribution in [0.5, 0.6) is 0 Å². The van der Waals surface area contributed by atoms with Gasteiger partial charge in [-0.1, -0.05) is 30.3 Å². The molecular weight excluding hydrogens is 246 g/mol. The molecule has 5 heteroatoms. The number of carboxylic acids is 1. The van der Waals surface area contributed by atoms with Gasteiger partial charge in [0.2, 0.25) is 0 Å². The molecule has 102 valence electrons. The van der Waals surface area contributed by atoms with Crippen molar-refractivity contribution in [1.29, 1.82) is 0 Å². The lowest BCUT2D eigenvalue weighted by Gasteiger charge is -2.16. The molecule has 0 saturated heterocycles. The third kappa shape index (κ3) is 4.83. The predicted octanol–water partition coefficient (Wildman–Crippen LogP) is 1.87. The van der Waals surface area contributed by atoms with Crippen molar-refractivity contribution in [2.75, 3.05) is 6.61 Å². The maximum atomic E-state index is 11.3. The van der Waals surface area contributed by atoms with Crippen molar-refractivity contribution >= 4 is 11.9 Å². The lowest BCUT2D eigenvalue weighted by Crippen LogP contribution is -2.27. The summed E-state index contributed by atoms with van der Waals surface area (Å²) >= 11 is 0. The van der Waals surface area contributed by atoms with Crippen molar-refractivity contribution in [3.05, 3.63) is 47.7 Å². The van der Waals surface area contributed by atoms with Crippen LogP contribution in [0, 0.1) is 0 Å². The first-order valence-corrected chi connectivity index (χ1v) is 5.94. The summed E-state index contributed by atoms with van der Waals surface area (Å²) in [6.45, 7) is 3.61. The van der Waals surface area contributed by atoms with Gasteiger partial charge in [-0.15, -0.1) is 0 Å². The van der Waals surface area contributed by atoms with Gasteiger partial charge in [0.1, 0.15) is 6.04 Å². The number of carboxylic acid groups (broad SMARTS) is 1. The summed E-state index contributed by atoms with van der Waals surface area (Å²) in [4.78, 5) is 22.5. The van der Waals surface area contributed by atoms with Gasteiger partial charge in [0.25, 0.3) is 0 Å². The molecule has 0 amide bonds. The molecular formula is C14H17NO4. The molecule has 0 fully saturated rings. The number of carbonyl (C=O) groups is 2. The zero-order chi connectivity index (χ0) is 14.3. The Morgan fingerprint density at radius 3 is 2.53 bits per heavy atom. The minimum absolute atomic E-state index is 0.281. The Morgan fingerprint density at radius 1 is 1.37 bits per heavy atom. The van der Waals surface area contributed by atoms with Crippen LogP contribution >= 0.6 is 0 Å². The molecule has 1 atom stereocenters. The molecule has 2 N–H and O–H groups in total. The van der Waals surface area contributed by atoms with Crippen LogP contribution in [0.4, 0.5) is 0 Å². The second kappa shape index (κ2) is 7.20. The van der Waals surface area contributed by atoms with Crippen LogP contribution in [0.15, 0.2) is 42.1 Å². The number of carbonyl (C=O) groups excluding carboxylic acids is 1. The van der Waals surface area contributed by atoms with E-state index in [-0.39, 0.29) is 6.61 Å². The van der Waals surface area contributed by atoms with Crippen LogP contribution in [-0.2, 0) is 14.3 Å². The van der Waals surface area contributed by atoms with Crippen molar-refractivity contribution < 1.29 is 19.4 Å². The van der Waals surface area contributed by atoms with E-state index in [9.17, 15) is 14.7 Å². The van der Waals surface area contributed by atoms with Crippen LogP contribution in [0.2, 0.25) is 0 Å². The minimum atomic E-state index is -1.01. The van der Waals surface area contributed by atoms with E-state index in [0.717, 1.165) is 0 Å². The topological polar surface area (TPSA) is 75.6 Å². The van der Waals surface area contributed by atoms with Gasteiger partial charge < -0.3 is 15.2 Å². The van der Waals surface area contributed by atoms with Gasteiger partial charge in [-0.2, -0.15) is 0 Å². The zero-order valence-electron chi connectivity index (χ0n) is 10.9. The van der Waals surface area contributed by atoms with E-state index in [0.29, 0.717) is 11.3 Å². The Hall–Kier alpha value is -2.30. The monoisotopic (exact) mass is 263 g/mol. The highest BCUT2D eigenvalue weighted by Crippen LogP contribution is 2.14. The van der Waals surface area contributed by atoms with Gasteiger partial charge in [-0.25, -0.2) is 9.59 Å². The highest BCUT2D eigenvalue weighted by Gasteiger charge is 2.19. The molecule has 0 heterocycles. The summed E-state index contributed by atoms with van der Waals surface area (Å²) in [5.74, 6) is -1.51. The molecule has 0 radical (unpaired) electrons. The highest BCUT2D eigenvalue weighted by molar-refractivity contribution is 5.83. The summed E-state index contributed by atoms with van der Waals surface area (Å²) in [6, 6.07) is 7.86. The van der Waals surface area contributed by atoms with E-state index < -0.39 is 18.0 Å². The number of aliphatic carboxylic acids is 1. The molecule has 1 aromatic carbocycles. The summed E-state index contributed by atoms with van der Waals surface area (Å²) < 4.78 is 4.76. The van der Waals surface area contributed by atoms with Crippen LogP contribution in [0.25, 0.3) is 0 Å². The molecule has 0 aliphatic carbocycles. The first-order valence-electron chi connectivity index (χ1n) is 5.94. The smallest absolute Gasteiger partial charge is 0.332 e. The van der Waals surface area contributed by atoms with Gasteiger partial charge in [-0.05, 0) is 19.4 Å². The Bertz CT molecular complexity index is 468. The number of hydrogen-bond acceptors (Lipinski definition) is 4. The molecule has 0 aliphatic rings. The fourth-order valence-electron chi connectivity index (χ4n) is 1.56. The van der Waals surface area contributed by atoms with Crippen molar-refractivity contribution in [3.8, 4) is 0 Å². The van der Waals surface area contributed by atoms with Gasteiger partial charge in [0.15, 0.2) is 0 Å². The Balaban J connectivity index is 2.81. The normalized spacial score (nSPS) is 12.6. The molecule has 0 bridgehead atoms. The van der Waals surface area contributed by atoms with E-state index in [2.05, 4.69) is 5.32 Å². The number of nitrogens with one attached hydrogen (secondary N) is 1. The lowest BCUT2D eigenvalue weighted by molar-refractivity contribution is -0.140. The van der Waals surface area contributed by atoms with Crippen molar-refractivity contribution in [2.24, 2.45) is 0 Å². The first kappa shape index (κ1) is 14.8. The summed E-state index contributed by atoms with van der Waals surface area (Å²) in [6.07, 6.45) is 1.24. The molecule has 5 nitrogen and oxygen atoms in total. The van der Waals surface area contributed by atoms with Crippen molar-refractivity contribution in [2.45, 2.75) is 19.9 Å². The van der Waals surface area contributed by atoms with Gasteiger partial charge in [0.05, 0.1) is 6.61 Å². The van der Waals surface area contributed by atoms with Crippen LogP contribution in [0.1, 0.15) is 25.5 Å². The number of ether oxygens (including phenoxy) is 1. The number of allylic oxidation sites excluding steroid dienone is 1. The second-order valence-electron chi connectivity index (χ2n) is 3.91. The molecule has 1 rings (SSSR count). The molecule has 1 aromatic rings. The number of esters is 1. The van der Waals surface area contributed by atoms with Gasteiger partial charge in [0, 0.05) is 11.8 Å². The standard InChI is InChI=1S/C14H17NO4/c1-3-19-12(16)9-10(2)15-13(14(17)18)11-7-5-4-6-8-11/h4-9,13,15H,3H2,1-2H3,(H,17,18)/b10-9+. The summed E-state index contributed by atoms with van der Waals surface area (Å²) in [7, 11) is 0. The molecule has 1 unspecified atom stereocenters. The molecule has 0 aliphatic heterocycles. The Kier molecular flexibility index (Phi) is 5.60. The minimum Gasteiger partial charge on any atom is -0.479 e. The predicted molar refractivity (Wildman–Crippen MR) is 70.3 cm³/mol. The fourth-order valence-corrected chi connectivity index (χ4v) is 1.56. The van der Waals surface area contributed by atoms with Crippen LogP contribution in [0.3, 0.4) is 0 Å². The van der Waals surface area contributed by atoms with Crippen LogP contribution in [-0.4, -0.2) is 23.7 Å². The first-order chi connectivity index (χ1) is 9.04. The average molecular weight is 263 g/mol. The maximum absolute atomic E-state index is 11.3. The van der Waals surface area contributed by atoms with Gasteiger partial charge >= 0.3 is 11.9 Å². The molecule has 0 spiro atoms. The fraction of sp³-hybridized carbons (Fsp3) is 0.286. The molecule has 0 aromatic heterocycles. The Morgan fingerprint density at radius 2 is 2.00 bits per heavy atom. The lowest BCUT2D eigenvalue weighted by atomic mass is 10.1. The van der Waals surface area contributed by atoms with E-state index in [4.69, 9.17) is 4.74 Å². The zero-order valence-corrected chi connectivity index (χ0v) is 10.9. The molecule has 19 heavy (non-hydrogen) atoms. The summed E-state index contributed by atoms with van der Waals surface area (Å²) in [5.41, 5.74) is 1.06. The maximum Gasteiger partial charge on any atom is 0.332 e.